The normalized spacial score (nSPS) is 12.0. The monoisotopic (exact) mass is 356 g/mol. The largest absolute Gasteiger partial charge is 0.461 e. The first kappa shape index (κ1) is 23.2. The van der Waals surface area contributed by atoms with Crippen molar-refractivity contribution in [1.29, 1.82) is 0 Å². The standard InChI is InChI=1S/C19H36N2O2S/c1-4-7-8-9-10-11-12-13-14-15-17-24-18(19(22)23-6-3)21-20-16-5-2/h16H,4-15,17H2,1-3H3. The lowest BCUT2D eigenvalue weighted by molar-refractivity contribution is -0.134. The van der Waals surface area contributed by atoms with Gasteiger partial charge in [0, 0.05) is 6.21 Å². The van der Waals surface area contributed by atoms with Crippen LogP contribution in [-0.2, 0) is 9.53 Å². The van der Waals surface area contributed by atoms with Crippen molar-refractivity contribution < 1.29 is 9.53 Å². The van der Waals surface area contributed by atoms with Crippen molar-refractivity contribution in [2.24, 2.45) is 10.2 Å². The summed E-state index contributed by atoms with van der Waals surface area (Å²) in [6.45, 7) is 6.41. The fourth-order valence-corrected chi connectivity index (χ4v) is 3.08. The number of esters is 1. The molecule has 0 rings (SSSR count). The summed E-state index contributed by atoms with van der Waals surface area (Å²) < 4.78 is 5.02. The first-order chi connectivity index (χ1) is 11.8. The zero-order valence-electron chi connectivity index (χ0n) is 15.9. The maximum absolute atomic E-state index is 11.8. The number of rotatable bonds is 14. The third-order valence-corrected chi connectivity index (χ3v) is 4.61. The fraction of sp³-hybridized carbons (Fsp3) is 0.842. The van der Waals surface area contributed by atoms with Crippen molar-refractivity contribution in [2.45, 2.75) is 91.4 Å². The van der Waals surface area contributed by atoms with Crippen LogP contribution in [0.5, 0.6) is 0 Å². The second-order valence-corrected chi connectivity index (χ2v) is 6.95. The predicted molar refractivity (Wildman–Crippen MR) is 107 cm³/mol. The van der Waals surface area contributed by atoms with Crippen LogP contribution in [0, 0.1) is 0 Å². The second kappa shape index (κ2) is 18.5. The highest BCUT2D eigenvalue weighted by Crippen LogP contribution is 2.14. The Morgan fingerprint density at radius 2 is 1.50 bits per heavy atom. The molecule has 0 unspecified atom stereocenters. The molecule has 0 aromatic rings. The molecule has 0 spiro atoms. The second-order valence-electron chi connectivity index (χ2n) is 5.86. The minimum absolute atomic E-state index is 0.358. The number of hydrogen-bond donors (Lipinski definition) is 0. The summed E-state index contributed by atoms with van der Waals surface area (Å²) >= 11 is 1.46. The van der Waals surface area contributed by atoms with E-state index in [1.807, 2.05) is 6.92 Å². The molecule has 0 aliphatic carbocycles. The third-order valence-electron chi connectivity index (χ3n) is 3.60. The van der Waals surface area contributed by atoms with E-state index in [-0.39, 0.29) is 5.97 Å². The number of carbonyl (C=O) groups is 1. The van der Waals surface area contributed by atoms with E-state index in [1.54, 1.807) is 13.1 Å². The molecule has 0 amide bonds. The maximum Gasteiger partial charge on any atom is 0.365 e. The number of hydrogen-bond acceptors (Lipinski definition) is 5. The smallest absolute Gasteiger partial charge is 0.365 e. The molecule has 0 saturated heterocycles. The van der Waals surface area contributed by atoms with Crippen molar-refractivity contribution in [3.05, 3.63) is 0 Å². The van der Waals surface area contributed by atoms with Gasteiger partial charge in [0.25, 0.3) is 0 Å². The molecule has 0 bridgehead atoms. The third kappa shape index (κ3) is 14.7. The van der Waals surface area contributed by atoms with E-state index in [4.69, 9.17) is 4.74 Å². The zero-order chi connectivity index (χ0) is 17.9. The molecule has 0 heterocycles. The molecule has 0 atom stereocenters. The number of thioether (sulfide) groups is 1. The molecule has 0 aliphatic heterocycles. The van der Waals surface area contributed by atoms with Crippen LogP contribution in [-0.4, -0.2) is 29.6 Å². The highest BCUT2D eigenvalue weighted by atomic mass is 32.2. The van der Waals surface area contributed by atoms with Crippen LogP contribution >= 0.6 is 11.8 Å². The minimum Gasteiger partial charge on any atom is -0.461 e. The Bertz CT molecular complexity index is 357. The highest BCUT2D eigenvalue weighted by molar-refractivity contribution is 8.15. The molecule has 0 fully saturated rings. The molecule has 0 aromatic carbocycles. The van der Waals surface area contributed by atoms with Gasteiger partial charge in [-0.15, -0.1) is 5.10 Å². The highest BCUT2D eigenvalue weighted by Gasteiger charge is 2.13. The Labute approximate surface area is 152 Å². The van der Waals surface area contributed by atoms with Crippen molar-refractivity contribution in [2.75, 3.05) is 12.4 Å². The molecular formula is C19H36N2O2S. The molecule has 24 heavy (non-hydrogen) atoms. The first-order valence-corrected chi connectivity index (χ1v) is 10.6. The minimum atomic E-state index is -0.358. The van der Waals surface area contributed by atoms with Gasteiger partial charge in [-0.25, -0.2) is 4.79 Å². The molecule has 4 nitrogen and oxygen atoms in total. The van der Waals surface area contributed by atoms with Crippen LogP contribution in [0.1, 0.15) is 91.4 Å². The Balaban J connectivity index is 3.74. The summed E-state index contributed by atoms with van der Waals surface area (Å²) in [6, 6.07) is 0. The summed E-state index contributed by atoms with van der Waals surface area (Å²) in [7, 11) is 0. The van der Waals surface area contributed by atoms with Crippen molar-refractivity contribution in [1.82, 2.24) is 0 Å². The lowest BCUT2D eigenvalue weighted by atomic mass is 10.1. The number of unbranched alkanes of at least 4 members (excludes halogenated alkanes) is 9. The van der Waals surface area contributed by atoms with Gasteiger partial charge in [-0.2, -0.15) is 5.10 Å². The van der Waals surface area contributed by atoms with Gasteiger partial charge < -0.3 is 4.74 Å². The van der Waals surface area contributed by atoms with E-state index < -0.39 is 0 Å². The number of ether oxygens (including phenoxy) is 1. The molecule has 140 valence electrons. The van der Waals surface area contributed by atoms with Crippen LogP contribution in [0.25, 0.3) is 0 Å². The van der Waals surface area contributed by atoms with Crippen molar-refractivity contribution in [3.63, 3.8) is 0 Å². The molecule has 0 aliphatic rings. The summed E-state index contributed by atoms with van der Waals surface area (Å²) in [5.41, 5.74) is 0. The van der Waals surface area contributed by atoms with Gasteiger partial charge in [0.1, 0.15) is 0 Å². The molecule has 0 aromatic heterocycles. The lowest BCUT2D eigenvalue weighted by Crippen LogP contribution is -2.14. The average Bonchev–Trinajstić information content (AvgIpc) is 2.58. The van der Waals surface area contributed by atoms with E-state index in [0.29, 0.717) is 11.7 Å². The van der Waals surface area contributed by atoms with Gasteiger partial charge in [-0.3, -0.25) is 0 Å². The number of nitrogens with zero attached hydrogens (tertiary/aromatic N) is 2. The summed E-state index contributed by atoms with van der Waals surface area (Å²) in [5.74, 6) is 0.540. The van der Waals surface area contributed by atoms with Gasteiger partial charge in [0.05, 0.1) is 6.61 Å². The topological polar surface area (TPSA) is 51.0 Å². The van der Waals surface area contributed by atoms with Crippen LogP contribution in [0.4, 0.5) is 0 Å². The van der Waals surface area contributed by atoms with Crippen molar-refractivity contribution >= 4 is 29.0 Å². The summed E-state index contributed by atoms with van der Waals surface area (Å²) in [4.78, 5) is 11.8. The van der Waals surface area contributed by atoms with Crippen molar-refractivity contribution in [3.8, 4) is 0 Å². The molecule has 0 saturated carbocycles. The number of carbonyl (C=O) groups excluding carboxylic acids is 1. The first-order valence-electron chi connectivity index (χ1n) is 9.65. The molecular weight excluding hydrogens is 320 g/mol. The van der Waals surface area contributed by atoms with Gasteiger partial charge in [0.15, 0.2) is 0 Å². The van der Waals surface area contributed by atoms with E-state index in [0.717, 1.165) is 18.6 Å². The lowest BCUT2D eigenvalue weighted by Gasteiger charge is -2.05. The Morgan fingerprint density at radius 1 is 0.917 bits per heavy atom. The Morgan fingerprint density at radius 3 is 2.04 bits per heavy atom. The van der Waals surface area contributed by atoms with E-state index in [9.17, 15) is 4.79 Å². The Kier molecular flexibility index (Phi) is 17.9. The SMILES string of the molecule is CCC=NN=C(SCCCCCCCCCCCC)C(=O)OCC. The maximum atomic E-state index is 11.8. The van der Waals surface area contributed by atoms with E-state index in [1.165, 1.54) is 69.5 Å². The summed E-state index contributed by atoms with van der Waals surface area (Å²) in [5, 5.41) is 8.27. The van der Waals surface area contributed by atoms with Crippen LogP contribution in [0.15, 0.2) is 10.2 Å². The van der Waals surface area contributed by atoms with Gasteiger partial charge >= 0.3 is 5.97 Å². The van der Waals surface area contributed by atoms with E-state index >= 15 is 0 Å². The van der Waals surface area contributed by atoms with Gasteiger partial charge in [-0.1, -0.05) is 83.4 Å². The van der Waals surface area contributed by atoms with Crippen LogP contribution in [0.2, 0.25) is 0 Å². The van der Waals surface area contributed by atoms with Gasteiger partial charge in [0.2, 0.25) is 5.04 Å². The Hall–Kier alpha value is -0.840. The van der Waals surface area contributed by atoms with Crippen LogP contribution < -0.4 is 0 Å². The zero-order valence-corrected chi connectivity index (χ0v) is 16.7. The molecule has 0 N–H and O–H groups in total. The van der Waals surface area contributed by atoms with Crippen LogP contribution in [0.3, 0.4) is 0 Å². The fourth-order valence-electron chi connectivity index (χ4n) is 2.25. The summed E-state index contributed by atoms with van der Waals surface area (Å²) in [6.07, 6.45) is 15.7. The average molecular weight is 357 g/mol. The quantitative estimate of drug-likeness (QED) is 0.126. The predicted octanol–water partition coefficient (Wildman–Crippen LogP) is 6.00. The molecule has 0 radical (unpaired) electrons. The van der Waals surface area contributed by atoms with Gasteiger partial charge in [-0.05, 0) is 25.5 Å². The molecule has 5 heteroatoms. The van der Waals surface area contributed by atoms with E-state index in [2.05, 4.69) is 17.1 Å².